The summed E-state index contributed by atoms with van der Waals surface area (Å²) in [5, 5.41) is 7.14. The number of carbonyl (C=O) groups excluding carboxylic acids is 2. The molecule has 1 rings (SSSR count). The van der Waals surface area contributed by atoms with Gasteiger partial charge in [0.15, 0.2) is 9.59 Å². The molecule has 0 atom stereocenters. The van der Waals surface area contributed by atoms with Crippen LogP contribution in [0.2, 0.25) is 0 Å². The van der Waals surface area contributed by atoms with Crippen LogP contribution in [-0.4, -0.2) is 27.3 Å². The van der Waals surface area contributed by atoms with Crippen LogP contribution in [0, 0.1) is 6.92 Å². The van der Waals surface area contributed by atoms with Crippen molar-refractivity contribution in [3.63, 3.8) is 0 Å². The Morgan fingerprint density at radius 3 is 2.29 bits per heavy atom. The van der Waals surface area contributed by atoms with Crippen LogP contribution in [0.1, 0.15) is 5.01 Å². The van der Waals surface area contributed by atoms with Crippen molar-refractivity contribution in [3.8, 4) is 0 Å². The van der Waals surface area contributed by atoms with Crippen LogP contribution in [0.3, 0.4) is 0 Å². The zero-order chi connectivity index (χ0) is 10.7. The molecular weight excluding hydrogens is 224 g/mol. The van der Waals surface area contributed by atoms with Crippen molar-refractivity contribution in [3.05, 3.63) is 5.01 Å². The van der Waals surface area contributed by atoms with E-state index in [0.29, 0.717) is 4.34 Å². The van der Waals surface area contributed by atoms with Gasteiger partial charge in [0.05, 0.1) is 0 Å². The van der Waals surface area contributed by atoms with Crippen LogP contribution in [0.4, 0.5) is 0 Å². The standard InChI is InChI=1S/C6H8N4O2S2/c1-2-9-10-6(13-2)14-3(4(7)11)5(8)12/h3H,1H3,(H2,7,11)(H2,8,12). The number of nitrogens with two attached hydrogens (primary N) is 2. The van der Waals surface area contributed by atoms with E-state index in [1.807, 2.05) is 0 Å². The van der Waals surface area contributed by atoms with E-state index in [-0.39, 0.29) is 0 Å². The second kappa shape index (κ2) is 4.38. The van der Waals surface area contributed by atoms with Gasteiger partial charge in [0.2, 0.25) is 11.8 Å². The molecule has 0 aromatic carbocycles. The summed E-state index contributed by atoms with van der Waals surface area (Å²) in [5.74, 6) is -1.54. The third kappa shape index (κ3) is 2.67. The van der Waals surface area contributed by atoms with E-state index in [1.165, 1.54) is 11.3 Å². The zero-order valence-corrected chi connectivity index (χ0v) is 8.89. The second-order valence-electron chi connectivity index (χ2n) is 2.39. The lowest BCUT2D eigenvalue weighted by molar-refractivity contribution is -0.125. The van der Waals surface area contributed by atoms with Gasteiger partial charge in [0.25, 0.3) is 0 Å². The molecule has 14 heavy (non-hydrogen) atoms. The molecule has 76 valence electrons. The van der Waals surface area contributed by atoms with Crippen LogP contribution in [0.25, 0.3) is 0 Å². The second-order valence-corrected chi connectivity index (χ2v) is 4.92. The number of hydrogen-bond donors (Lipinski definition) is 2. The van der Waals surface area contributed by atoms with Crippen molar-refractivity contribution in [1.82, 2.24) is 10.2 Å². The molecule has 4 N–H and O–H groups in total. The molecule has 0 fully saturated rings. The highest BCUT2D eigenvalue weighted by molar-refractivity contribution is 8.03. The number of rotatable bonds is 4. The summed E-state index contributed by atoms with van der Waals surface area (Å²) in [6.07, 6.45) is 0. The predicted octanol–water partition coefficient (Wildman–Crippen LogP) is -0.722. The predicted molar refractivity (Wildman–Crippen MR) is 52.7 cm³/mol. The van der Waals surface area contributed by atoms with E-state index in [2.05, 4.69) is 10.2 Å². The van der Waals surface area contributed by atoms with Crippen molar-refractivity contribution in [2.45, 2.75) is 16.5 Å². The van der Waals surface area contributed by atoms with E-state index in [0.717, 1.165) is 16.8 Å². The van der Waals surface area contributed by atoms with E-state index in [1.54, 1.807) is 6.92 Å². The first kappa shape index (κ1) is 10.9. The van der Waals surface area contributed by atoms with Crippen molar-refractivity contribution in [2.75, 3.05) is 0 Å². The molecule has 0 unspecified atom stereocenters. The lowest BCUT2D eigenvalue weighted by Crippen LogP contribution is -2.37. The van der Waals surface area contributed by atoms with Crippen LogP contribution < -0.4 is 11.5 Å². The molecule has 0 saturated heterocycles. The Kier molecular flexibility index (Phi) is 3.42. The average Bonchev–Trinajstić information content (AvgIpc) is 2.46. The monoisotopic (exact) mass is 232 g/mol. The van der Waals surface area contributed by atoms with Gasteiger partial charge in [0, 0.05) is 0 Å². The molecule has 1 aromatic rings. The maximum atomic E-state index is 10.8. The van der Waals surface area contributed by atoms with Crippen molar-refractivity contribution in [2.24, 2.45) is 11.5 Å². The summed E-state index contributed by atoms with van der Waals surface area (Å²) in [5.41, 5.74) is 9.98. The van der Waals surface area contributed by atoms with Crippen LogP contribution >= 0.6 is 23.1 Å². The fraction of sp³-hybridized carbons (Fsp3) is 0.333. The molecule has 1 aromatic heterocycles. The van der Waals surface area contributed by atoms with E-state index in [4.69, 9.17) is 11.5 Å². The number of thioether (sulfide) groups is 1. The Balaban J connectivity index is 2.74. The van der Waals surface area contributed by atoms with Crippen LogP contribution in [-0.2, 0) is 9.59 Å². The highest BCUT2D eigenvalue weighted by atomic mass is 32.2. The minimum absolute atomic E-state index is 0.505. The first-order valence-corrected chi connectivity index (χ1v) is 5.25. The molecular formula is C6H8N4O2S2. The molecule has 0 radical (unpaired) electrons. The first-order chi connectivity index (χ1) is 6.50. The minimum atomic E-state index is -1.08. The summed E-state index contributed by atoms with van der Waals surface area (Å²) in [7, 11) is 0. The van der Waals surface area contributed by atoms with E-state index in [9.17, 15) is 9.59 Å². The first-order valence-electron chi connectivity index (χ1n) is 3.56. The Hall–Kier alpha value is -1.15. The summed E-state index contributed by atoms with van der Waals surface area (Å²) >= 11 is 2.20. The molecule has 1 heterocycles. The lowest BCUT2D eigenvalue weighted by Gasteiger charge is -2.04. The quantitative estimate of drug-likeness (QED) is 0.525. The molecule has 6 nitrogen and oxygen atoms in total. The van der Waals surface area contributed by atoms with Gasteiger partial charge in [-0.05, 0) is 6.92 Å². The van der Waals surface area contributed by atoms with E-state index >= 15 is 0 Å². The molecule has 0 aliphatic rings. The number of amides is 2. The molecule has 2 amide bonds. The third-order valence-corrected chi connectivity index (χ3v) is 3.40. The van der Waals surface area contributed by atoms with Crippen molar-refractivity contribution >= 4 is 34.9 Å². The van der Waals surface area contributed by atoms with Gasteiger partial charge < -0.3 is 11.5 Å². The number of hydrogen-bond acceptors (Lipinski definition) is 6. The average molecular weight is 232 g/mol. The maximum Gasteiger partial charge on any atom is 0.240 e. The van der Waals surface area contributed by atoms with Gasteiger partial charge in [-0.15, -0.1) is 10.2 Å². The van der Waals surface area contributed by atoms with E-state index < -0.39 is 17.1 Å². The number of aromatic nitrogens is 2. The molecule has 0 aliphatic carbocycles. The van der Waals surface area contributed by atoms with Gasteiger partial charge in [0.1, 0.15) is 5.01 Å². The van der Waals surface area contributed by atoms with Crippen LogP contribution in [0.5, 0.6) is 0 Å². The lowest BCUT2D eigenvalue weighted by atomic mass is 10.4. The number of carbonyl (C=O) groups is 2. The largest absolute Gasteiger partial charge is 0.368 e. The smallest absolute Gasteiger partial charge is 0.240 e. The number of nitrogens with zero attached hydrogens (tertiary/aromatic N) is 2. The van der Waals surface area contributed by atoms with Gasteiger partial charge in [-0.3, -0.25) is 9.59 Å². The van der Waals surface area contributed by atoms with Crippen molar-refractivity contribution < 1.29 is 9.59 Å². The minimum Gasteiger partial charge on any atom is -0.368 e. The summed E-state index contributed by atoms with van der Waals surface area (Å²) in [6, 6.07) is 0. The summed E-state index contributed by atoms with van der Waals surface area (Å²) in [4.78, 5) is 21.6. The Morgan fingerprint density at radius 2 is 1.93 bits per heavy atom. The zero-order valence-electron chi connectivity index (χ0n) is 7.26. The number of primary amides is 2. The summed E-state index contributed by atoms with van der Waals surface area (Å²) < 4.78 is 0.505. The Morgan fingerprint density at radius 1 is 1.36 bits per heavy atom. The van der Waals surface area contributed by atoms with Gasteiger partial charge in [-0.25, -0.2) is 0 Å². The fourth-order valence-corrected chi connectivity index (χ4v) is 2.46. The van der Waals surface area contributed by atoms with Gasteiger partial charge >= 0.3 is 0 Å². The molecule has 8 heteroatoms. The molecule has 0 aliphatic heterocycles. The SMILES string of the molecule is Cc1nnc(SC(C(N)=O)C(N)=O)s1. The molecule has 0 spiro atoms. The maximum absolute atomic E-state index is 10.8. The Bertz CT molecular complexity index is 350. The highest BCUT2D eigenvalue weighted by Crippen LogP contribution is 2.25. The highest BCUT2D eigenvalue weighted by Gasteiger charge is 2.24. The fourth-order valence-electron chi connectivity index (χ4n) is 0.683. The Labute approximate surface area is 88.1 Å². The van der Waals surface area contributed by atoms with Gasteiger partial charge in [-0.2, -0.15) is 0 Å². The molecule has 0 bridgehead atoms. The third-order valence-electron chi connectivity index (χ3n) is 1.24. The van der Waals surface area contributed by atoms with Crippen LogP contribution in [0.15, 0.2) is 4.34 Å². The summed E-state index contributed by atoms with van der Waals surface area (Å²) in [6.45, 7) is 1.77. The van der Waals surface area contributed by atoms with Crippen molar-refractivity contribution in [1.29, 1.82) is 0 Å². The molecule has 0 saturated carbocycles. The number of aryl methyl sites for hydroxylation is 1. The normalized spacial score (nSPS) is 10.4. The topological polar surface area (TPSA) is 112 Å². The van der Waals surface area contributed by atoms with Gasteiger partial charge in [-0.1, -0.05) is 23.1 Å².